The Morgan fingerprint density at radius 1 is 1.22 bits per heavy atom. The molecule has 1 unspecified atom stereocenters. The van der Waals surface area contributed by atoms with Gasteiger partial charge in [-0.05, 0) is 23.5 Å². The van der Waals surface area contributed by atoms with E-state index in [1.807, 2.05) is 38.1 Å². The molecule has 1 N–H and O–H groups in total. The second-order valence-electron chi connectivity index (χ2n) is 4.93. The molecule has 18 heavy (non-hydrogen) atoms. The van der Waals surface area contributed by atoms with Crippen molar-refractivity contribution in [3.05, 3.63) is 35.4 Å². The van der Waals surface area contributed by atoms with Crippen LogP contribution in [0.4, 0.5) is 0 Å². The van der Waals surface area contributed by atoms with Crippen LogP contribution in [0, 0.1) is 5.92 Å². The number of carboxylic acid groups (broad SMARTS) is 1. The number of rotatable bonds is 7. The van der Waals surface area contributed by atoms with Crippen LogP contribution in [0.2, 0.25) is 0 Å². The molecule has 0 spiro atoms. The van der Waals surface area contributed by atoms with Gasteiger partial charge in [0.05, 0.1) is 6.61 Å². The summed E-state index contributed by atoms with van der Waals surface area (Å²) < 4.78 is 5.43. The van der Waals surface area contributed by atoms with E-state index in [-0.39, 0.29) is 0 Å². The van der Waals surface area contributed by atoms with Crippen LogP contribution < -0.4 is 0 Å². The summed E-state index contributed by atoms with van der Waals surface area (Å²) in [5, 5.41) is 9.12. The van der Waals surface area contributed by atoms with Crippen LogP contribution in [0.25, 0.3) is 0 Å². The Hall–Kier alpha value is -1.35. The molecule has 0 fully saturated rings. The number of benzene rings is 1. The van der Waals surface area contributed by atoms with Gasteiger partial charge in [-0.2, -0.15) is 0 Å². The van der Waals surface area contributed by atoms with E-state index in [1.54, 1.807) is 0 Å². The fraction of sp³-hybridized carbons (Fsp3) is 0.533. The van der Waals surface area contributed by atoms with Crippen LogP contribution in [-0.2, 0) is 22.4 Å². The zero-order valence-electron chi connectivity index (χ0n) is 11.3. The van der Waals surface area contributed by atoms with E-state index >= 15 is 0 Å². The molecule has 0 aliphatic rings. The number of carboxylic acids is 1. The lowest BCUT2D eigenvalue weighted by molar-refractivity contribution is -0.150. The maximum atomic E-state index is 11.1. The van der Waals surface area contributed by atoms with Gasteiger partial charge in [0, 0.05) is 6.42 Å². The first-order valence-electron chi connectivity index (χ1n) is 6.45. The van der Waals surface area contributed by atoms with Gasteiger partial charge in [-0.15, -0.1) is 0 Å². The molecule has 0 aliphatic carbocycles. The Morgan fingerprint density at radius 3 is 2.22 bits per heavy atom. The fourth-order valence-electron chi connectivity index (χ4n) is 1.65. The molecule has 0 saturated heterocycles. The predicted octanol–water partition coefficient (Wildman–Crippen LogP) is 2.92. The first kappa shape index (κ1) is 14.7. The first-order valence-corrected chi connectivity index (χ1v) is 6.45. The maximum Gasteiger partial charge on any atom is 0.333 e. The molecule has 0 radical (unpaired) electrons. The maximum absolute atomic E-state index is 11.1. The van der Waals surface area contributed by atoms with Crippen molar-refractivity contribution in [2.75, 3.05) is 6.61 Å². The molecule has 1 rings (SSSR count). The standard InChI is InChI=1S/C15H22O3/c1-4-12-5-7-13(8-6-12)9-14(15(16)17)18-10-11(2)3/h5-8,11,14H,4,9-10H2,1-3H3,(H,16,17). The van der Waals surface area contributed by atoms with E-state index < -0.39 is 12.1 Å². The molecule has 0 heterocycles. The van der Waals surface area contributed by atoms with Gasteiger partial charge in [0.2, 0.25) is 0 Å². The second-order valence-corrected chi connectivity index (χ2v) is 4.93. The van der Waals surface area contributed by atoms with Crippen LogP contribution in [0.1, 0.15) is 31.9 Å². The minimum atomic E-state index is -0.893. The number of hydrogen-bond donors (Lipinski definition) is 1. The van der Waals surface area contributed by atoms with Crippen molar-refractivity contribution in [3.8, 4) is 0 Å². The van der Waals surface area contributed by atoms with Gasteiger partial charge < -0.3 is 9.84 Å². The van der Waals surface area contributed by atoms with Gasteiger partial charge >= 0.3 is 5.97 Å². The molecule has 0 aromatic heterocycles. The third kappa shape index (κ3) is 4.88. The van der Waals surface area contributed by atoms with Crippen molar-refractivity contribution in [3.63, 3.8) is 0 Å². The number of carbonyl (C=O) groups is 1. The SMILES string of the molecule is CCc1ccc(CC(OCC(C)C)C(=O)O)cc1. The van der Waals surface area contributed by atoms with Crippen molar-refractivity contribution in [2.24, 2.45) is 5.92 Å². The van der Waals surface area contributed by atoms with Crippen molar-refractivity contribution in [1.29, 1.82) is 0 Å². The van der Waals surface area contributed by atoms with Crippen LogP contribution in [0.3, 0.4) is 0 Å². The van der Waals surface area contributed by atoms with Crippen LogP contribution in [0.5, 0.6) is 0 Å². The number of ether oxygens (including phenoxy) is 1. The zero-order valence-corrected chi connectivity index (χ0v) is 11.3. The average Bonchev–Trinajstić information content (AvgIpc) is 2.34. The Bertz CT molecular complexity index is 368. The number of aryl methyl sites for hydroxylation is 1. The Morgan fingerprint density at radius 2 is 1.78 bits per heavy atom. The average molecular weight is 250 g/mol. The van der Waals surface area contributed by atoms with E-state index in [9.17, 15) is 4.79 Å². The summed E-state index contributed by atoms with van der Waals surface area (Å²) >= 11 is 0. The molecule has 1 aromatic rings. The highest BCUT2D eigenvalue weighted by Gasteiger charge is 2.18. The Kier molecular flexibility index (Phi) is 5.86. The molecule has 1 aromatic carbocycles. The lowest BCUT2D eigenvalue weighted by Gasteiger charge is -2.15. The third-order valence-electron chi connectivity index (χ3n) is 2.76. The highest BCUT2D eigenvalue weighted by molar-refractivity contribution is 5.72. The van der Waals surface area contributed by atoms with E-state index in [4.69, 9.17) is 9.84 Å². The molecular formula is C15H22O3. The Balaban J connectivity index is 2.61. The summed E-state index contributed by atoms with van der Waals surface area (Å²) in [6.07, 6.45) is 0.665. The third-order valence-corrected chi connectivity index (χ3v) is 2.76. The largest absolute Gasteiger partial charge is 0.479 e. The summed E-state index contributed by atoms with van der Waals surface area (Å²) in [5.74, 6) is -0.551. The molecule has 1 atom stereocenters. The minimum Gasteiger partial charge on any atom is -0.479 e. The molecule has 0 aliphatic heterocycles. The van der Waals surface area contributed by atoms with E-state index in [0.717, 1.165) is 12.0 Å². The van der Waals surface area contributed by atoms with Crippen LogP contribution >= 0.6 is 0 Å². The lowest BCUT2D eigenvalue weighted by atomic mass is 10.0. The highest BCUT2D eigenvalue weighted by Crippen LogP contribution is 2.10. The van der Waals surface area contributed by atoms with E-state index in [2.05, 4.69) is 6.92 Å². The molecule has 0 amide bonds. The fourth-order valence-corrected chi connectivity index (χ4v) is 1.65. The van der Waals surface area contributed by atoms with Crippen molar-refractivity contribution >= 4 is 5.97 Å². The summed E-state index contributed by atoms with van der Waals surface area (Å²) in [6, 6.07) is 8.04. The Labute approximate surface area is 109 Å². The van der Waals surface area contributed by atoms with Gasteiger partial charge in [-0.1, -0.05) is 45.0 Å². The topological polar surface area (TPSA) is 46.5 Å². The number of hydrogen-bond acceptors (Lipinski definition) is 2. The number of aliphatic carboxylic acids is 1. The van der Waals surface area contributed by atoms with Crippen molar-refractivity contribution in [1.82, 2.24) is 0 Å². The summed E-state index contributed by atoms with van der Waals surface area (Å²) in [5.41, 5.74) is 2.26. The first-order chi connectivity index (χ1) is 8.52. The van der Waals surface area contributed by atoms with Gasteiger partial charge in [0.15, 0.2) is 6.10 Å². The molecule has 0 saturated carbocycles. The van der Waals surface area contributed by atoms with Gasteiger partial charge in [0.1, 0.15) is 0 Å². The van der Waals surface area contributed by atoms with Crippen LogP contribution in [0.15, 0.2) is 24.3 Å². The lowest BCUT2D eigenvalue weighted by Crippen LogP contribution is -2.28. The molecule has 3 nitrogen and oxygen atoms in total. The molecule has 100 valence electrons. The van der Waals surface area contributed by atoms with E-state index in [0.29, 0.717) is 18.9 Å². The van der Waals surface area contributed by atoms with E-state index in [1.165, 1.54) is 5.56 Å². The minimum absolute atomic E-state index is 0.342. The summed E-state index contributed by atoms with van der Waals surface area (Å²) in [6.45, 7) is 6.59. The summed E-state index contributed by atoms with van der Waals surface area (Å²) in [4.78, 5) is 11.1. The zero-order chi connectivity index (χ0) is 13.5. The monoisotopic (exact) mass is 250 g/mol. The second kappa shape index (κ2) is 7.17. The molecule has 3 heteroatoms. The smallest absolute Gasteiger partial charge is 0.333 e. The summed E-state index contributed by atoms with van der Waals surface area (Å²) in [7, 11) is 0. The van der Waals surface area contributed by atoms with Gasteiger partial charge in [-0.3, -0.25) is 0 Å². The highest BCUT2D eigenvalue weighted by atomic mass is 16.5. The van der Waals surface area contributed by atoms with Gasteiger partial charge in [-0.25, -0.2) is 4.79 Å². The normalized spacial score (nSPS) is 12.7. The predicted molar refractivity (Wildman–Crippen MR) is 71.7 cm³/mol. The van der Waals surface area contributed by atoms with Crippen molar-refractivity contribution in [2.45, 2.75) is 39.7 Å². The van der Waals surface area contributed by atoms with Crippen LogP contribution in [-0.4, -0.2) is 23.8 Å². The van der Waals surface area contributed by atoms with Crippen molar-refractivity contribution < 1.29 is 14.6 Å². The molecular weight excluding hydrogens is 228 g/mol. The quantitative estimate of drug-likeness (QED) is 0.809. The molecule has 0 bridgehead atoms. The van der Waals surface area contributed by atoms with Gasteiger partial charge in [0.25, 0.3) is 0 Å².